The van der Waals surface area contributed by atoms with Gasteiger partial charge in [0.2, 0.25) is 0 Å². The van der Waals surface area contributed by atoms with Crippen molar-refractivity contribution in [2.75, 3.05) is 26.9 Å². The van der Waals surface area contributed by atoms with Gasteiger partial charge in [-0.25, -0.2) is 0 Å². The molecule has 1 unspecified atom stereocenters. The van der Waals surface area contributed by atoms with Crippen LogP contribution in [0.2, 0.25) is 18.1 Å². The van der Waals surface area contributed by atoms with E-state index in [4.69, 9.17) is 13.9 Å². The average molecular weight is 373 g/mol. The van der Waals surface area contributed by atoms with Gasteiger partial charge in [-0.05, 0) is 24.6 Å². The predicted octanol–water partition coefficient (Wildman–Crippen LogP) is 6.32. The van der Waals surface area contributed by atoms with E-state index in [2.05, 4.69) is 13.8 Å². The Morgan fingerprint density at radius 2 is 1.32 bits per heavy atom. The fourth-order valence-corrected chi connectivity index (χ4v) is 7.60. The number of epoxide rings is 1. The van der Waals surface area contributed by atoms with Crippen LogP contribution in [0, 0.1) is 0 Å². The molecule has 150 valence electrons. The van der Waals surface area contributed by atoms with Crippen LogP contribution in [0.1, 0.15) is 84.5 Å². The molecule has 0 aromatic heterocycles. The first-order valence-electron chi connectivity index (χ1n) is 11.0. The molecule has 1 rings (SSSR count). The third-order valence-corrected chi connectivity index (χ3v) is 10.2. The molecule has 1 aliphatic heterocycles. The quantitative estimate of drug-likeness (QED) is 0.151. The molecule has 0 amide bonds. The zero-order valence-electron chi connectivity index (χ0n) is 17.3. The molecule has 0 aromatic carbocycles. The number of hydrogen-bond donors (Lipinski definition) is 0. The fraction of sp³-hybridized carbons (Fsp3) is 1.00. The third kappa shape index (κ3) is 12.2. The highest BCUT2D eigenvalue weighted by molar-refractivity contribution is 6.73. The van der Waals surface area contributed by atoms with Gasteiger partial charge < -0.3 is 13.9 Å². The summed E-state index contributed by atoms with van der Waals surface area (Å²) in [6.07, 6.45) is 15.3. The molecule has 0 N–H and O–H groups in total. The molecule has 1 fully saturated rings. The van der Waals surface area contributed by atoms with Crippen LogP contribution in [-0.4, -0.2) is 41.4 Å². The fourth-order valence-electron chi connectivity index (χ4n) is 3.66. The van der Waals surface area contributed by atoms with Gasteiger partial charge in [0.05, 0.1) is 13.2 Å². The topological polar surface area (TPSA) is 31.0 Å². The van der Waals surface area contributed by atoms with Crippen molar-refractivity contribution in [2.45, 2.75) is 109 Å². The van der Waals surface area contributed by atoms with E-state index in [1.165, 1.54) is 82.3 Å². The van der Waals surface area contributed by atoms with Gasteiger partial charge in [0.15, 0.2) is 8.32 Å². The van der Waals surface area contributed by atoms with Crippen molar-refractivity contribution in [2.24, 2.45) is 0 Å². The first-order chi connectivity index (χ1) is 12.3. The van der Waals surface area contributed by atoms with Gasteiger partial charge in [0.25, 0.3) is 0 Å². The van der Waals surface area contributed by atoms with Crippen LogP contribution >= 0.6 is 0 Å². The molecule has 1 atom stereocenters. The van der Waals surface area contributed by atoms with Gasteiger partial charge >= 0.3 is 0 Å². The minimum Gasteiger partial charge on any atom is -0.420 e. The van der Waals surface area contributed by atoms with Crippen molar-refractivity contribution < 1.29 is 13.9 Å². The summed E-state index contributed by atoms with van der Waals surface area (Å²) in [5.41, 5.74) is 0. The molecule has 1 saturated heterocycles. The normalized spacial score (nSPS) is 17.2. The minimum absolute atomic E-state index is 0.390. The second-order valence-electron chi connectivity index (χ2n) is 7.85. The Bertz CT molecular complexity index is 281. The first kappa shape index (κ1) is 23.1. The average Bonchev–Trinajstić information content (AvgIpc) is 3.45. The van der Waals surface area contributed by atoms with E-state index in [0.29, 0.717) is 6.10 Å². The maximum absolute atomic E-state index is 6.25. The lowest BCUT2D eigenvalue weighted by molar-refractivity contribution is 0.116. The Balaban J connectivity index is 2.28. The van der Waals surface area contributed by atoms with Gasteiger partial charge in [-0.15, -0.1) is 0 Å². The Morgan fingerprint density at radius 1 is 0.800 bits per heavy atom. The number of rotatable bonds is 19. The Labute approximate surface area is 158 Å². The van der Waals surface area contributed by atoms with Crippen molar-refractivity contribution in [1.82, 2.24) is 0 Å². The van der Waals surface area contributed by atoms with E-state index in [0.717, 1.165) is 26.2 Å². The molecular weight excluding hydrogens is 328 g/mol. The van der Waals surface area contributed by atoms with E-state index < -0.39 is 8.32 Å². The second-order valence-corrected chi connectivity index (χ2v) is 12.1. The summed E-state index contributed by atoms with van der Waals surface area (Å²) < 4.78 is 17.2. The maximum Gasteiger partial charge on any atom is 0.192 e. The minimum atomic E-state index is -1.56. The van der Waals surface area contributed by atoms with Gasteiger partial charge in [-0.3, -0.25) is 0 Å². The summed E-state index contributed by atoms with van der Waals surface area (Å²) in [6, 6.07) is 3.98. The molecule has 0 spiro atoms. The van der Waals surface area contributed by atoms with E-state index in [1.807, 2.05) is 7.11 Å². The summed E-state index contributed by atoms with van der Waals surface area (Å²) >= 11 is 0. The summed E-state index contributed by atoms with van der Waals surface area (Å²) in [5.74, 6) is 0. The smallest absolute Gasteiger partial charge is 0.192 e. The predicted molar refractivity (Wildman–Crippen MR) is 110 cm³/mol. The van der Waals surface area contributed by atoms with Crippen LogP contribution in [0.3, 0.4) is 0 Å². The summed E-state index contributed by atoms with van der Waals surface area (Å²) in [6.45, 7) is 7.14. The Kier molecular flexibility index (Phi) is 14.1. The highest BCUT2D eigenvalue weighted by Crippen LogP contribution is 2.29. The van der Waals surface area contributed by atoms with Crippen molar-refractivity contribution in [3.63, 3.8) is 0 Å². The van der Waals surface area contributed by atoms with Crippen LogP contribution in [-0.2, 0) is 13.9 Å². The van der Waals surface area contributed by atoms with Crippen LogP contribution in [0.25, 0.3) is 0 Å². The van der Waals surface area contributed by atoms with Crippen molar-refractivity contribution in [1.29, 1.82) is 0 Å². The van der Waals surface area contributed by atoms with Crippen LogP contribution < -0.4 is 0 Å². The Hall–Kier alpha value is 0.0969. The highest BCUT2D eigenvalue weighted by atomic mass is 28.4. The number of ether oxygens (including phenoxy) is 2. The molecule has 1 heterocycles. The zero-order valence-corrected chi connectivity index (χ0v) is 18.3. The maximum atomic E-state index is 6.25. The summed E-state index contributed by atoms with van der Waals surface area (Å²) in [7, 11) is 0.427. The second kappa shape index (κ2) is 15.2. The molecule has 0 bridgehead atoms. The molecule has 0 saturated carbocycles. The van der Waals surface area contributed by atoms with Gasteiger partial charge in [-0.1, -0.05) is 78.1 Å². The third-order valence-electron chi connectivity index (χ3n) is 5.53. The van der Waals surface area contributed by atoms with Crippen molar-refractivity contribution in [3.05, 3.63) is 0 Å². The SMILES string of the molecule is CCCCCCC[Si](CCCCCCC)(CCCOCC1CO1)OC. The van der Waals surface area contributed by atoms with Crippen molar-refractivity contribution >= 4 is 8.32 Å². The van der Waals surface area contributed by atoms with Crippen LogP contribution in [0.4, 0.5) is 0 Å². The highest BCUT2D eigenvalue weighted by Gasteiger charge is 2.32. The number of hydrogen-bond acceptors (Lipinski definition) is 3. The number of unbranched alkanes of at least 4 members (excludes halogenated alkanes) is 8. The Morgan fingerprint density at radius 3 is 1.80 bits per heavy atom. The van der Waals surface area contributed by atoms with Gasteiger partial charge in [-0.2, -0.15) is 0 Å². The molecule has 0 radical (unpaired) electrons. The monoisotopic (exact) mass is 372 g/mol. The lowest BCUT2D eigenvalue weighted by Crippen LogP contribution is -2.37. The largest absolute Gasteiger partial charge is 0.420 e. The lowest BCUT2D eigenvalue weighted by Gasteiger charge is -2.30. The summed E-state index contributed by atoms with van der Waals surface area (Å²) in [4.78, 5) is 0. The van der Waals surface area contributed by atoms with E-state index in [-0.39, 0.29) is 0 Å². The van der Waals surface area contributed by atoms with E-state index in [9.17, 15) is 0 Å². The molecule has 4 heteroatoms. The van der Waals surface area contributed by atoms with Crippen LogP contribution in [0.15, 0.2) is 0 Å². The standard InChI is InChI=1S/C21H44O3Si/c1-4-6-8-10-12-16-25(22-3,17-13-11-9-7-5-2)18-14-15-23-19-21-20-24-21/h21H,4-20H2,1-3H3. The van der Waals surface area contributed by atoms with Crippen molar-refractivity contribution in [3.8, 4) is 0 Å². The molecule has 0 aliphatic carbocycles. The van der Waals surface area contributed by atoms with Gasteiger partial charge in [0, 0.05) is 13.7 Å². The zero-order chi connectivity index (χ0) is 18.2. The lowest BCUT2D eigenvalue weighted by atomic mass is 10.2. The van der Waals surface area contributed by atoms with E-state index >= 15 is 0 Å². The molecular formula is C21H44O3Si. The molecule has 25 heavy (non-hydrogen) atoms. The molecule has 3 nitrogen and oxygen atoms in total. The van der Waals surface area contributed by atoms with Gasteiger partial charge in [0.1, 0.15) is 6.10 Å². The molecule has 1 aliphatic rings. The summed E-state index contributed by atoms with van der Waals surface area (Å²) in [5, 5.41) is 0. The molecule has 0 aromatic rings. The van der Waals surface area contributed by atoms with E-state index in [1.54, 1.807) is 0 Å². The first-order valence-corrected chi connectivity index (χ1v) is 13.5. The van der Waals surface area contributed by atoms with Crippen LogP contribution in [0.5, 0.6) is 0 Å².